The number of halogens is 2. The van der Waals surface area contributed by atoms with Crippen LogP contribution in [0.25, 0.3) is 0 Å². The van der Waals surface area contributed by atoms with Gasteiger partial charge in [0.25, 0.3) is 0 Å². The van der Waals surface area contributed by atoms with Crippen LogP contribution in [-0.2, 0) is 0 Å². The van der Waals surface area contributed by atoms with E-state index in [4.69, 9.17) is 28.9 Å². The van der Waals surface area contributed by atoms with E-state index in [0.717, 1.165) is 12.1 Å². The van der Waals surface area contributed by atoms with Crippen molar-refractivity contribution in [1.82, 2.24) is 5.32 Å². The highest BCUT2D eigenvalue weighted by atomic mass is 35.5. The highest BCUT2D eigenvalue weighted by Gasteiger charge is 2.19. The maximum atomic E-state index is 6.08. The lowest BCUT2D eigenvalue weighted by molar-refractivity contribution is 0.266. The lowest BCUT2D eigenvalue weighted by atomic mass is 9.85. The average molecular weight is 317 g/mol. The van der Waals surface area contributed by atoms with Crippen molar-refractivity contribution in [2.75, 3.05) is 13.1 Å². The molecular weight excluding hydrogens is 291 g/mol. The third-order valence-electron chi connectivity index (χ3n) is 3.89. The topological polar surface area (TPSA) is 38.0 Å². The standard InChI is InChI=1S/C16H26Cl2N2/c1-10(2)13(11(3)4)9-20-16(8-19)12-5-6-14(17)15(18)7-12/h5-7,10-11,13,16,20H,8-9,19H2,1-4H3. The van der Waals surface area contributed by atoms with E-state index in [1.165, 1.54) is 0 Å². The van der Waals surface area contributed by atoms with Crippen molar-refractivity contribution in [2.24, 2.45) is 23.5 Å². The van der Waals surface area contributed by atoms with Crippen LogP contribution < -0.4 is 11.1 Å². The number of rotatable bonds is 7. The van der Waals surface area contributed by atoms with Crippen LogP contribution >= 0.6 is 23.2 Å². The summed E-state index contributed by atoms with van der Waals surface area (Å²) in [5, 5.41) is 4.72. The van der Waals surface area contributed by atoms with Gasteiger partial charge in [-0.25, -0.2) is 0 Å². The SMILES string of the molecule is CC(C)C(CNC(CN)c1ccc(Cl)c(Cl)c1)C(C)C. The molecule has 0 radical (unpaired) electrons. The molecule has 0 saturated heterocycles. The van der Waals surface area contributed by atoms with Gasteiger partial charge in [-0.3, -0.25) is 0 Å². The Morgan fingerprint density at radius 2 is 1.65 bits per heavy atom. The largest absolute Gasteiger partial charge is 0.329 e. The van der Waals surface area contributed by atoms with Gasteiger partial charge in [-0.15, -0.1) is 0 Å². The minimum atomic E-state index is 0.116. The Balaban J connectivity index is 2.74. The van der Waals surface area contributed by atoms with Crippen LogP contribution in [0.4, 0.5) is 0 Å². The van der Waals surface area contributed by atoms with Crippen molar-refractivity contribution in [1.29, 1.82) is 0 Å². The van der Waals surface area contributed by atoms with Gasteiger partial charge in [-0.2, -0.15) is 0 Å². The van der Waals surface area contributed by atoms with Crippen molar-refractivity contribution in [3.05, 3.63) is 33.8 Å². The molecule has 0 spiro atoms. The van der Waals surface area contributed by atoms with Crippen LogP contribution in [0.2, 0.25) is 10.0 Å². The van der Waals surface area contributed by atoms with Crippen LogP contribution in [0.5, 0.6) is 0 Å². The molecule has 0 heterocycles. The van der Waals surface area contributed by atoms with Crippen molar-refractivity contribution in [2.45, 2.75) is 33.7 Å². The molecule has 20 heavy (non-hydrogen) atoms. The monoisotopic (exact) mass is 316 g/mol. The molecule has 0 aliphatic carbocycles. The fourth-order valence-electron chi connectivity index (χ4n) is 2.59. The van der Waals surface area contributed by atoms with Crippen molar-refractivity contribution >= 4 is 23.2 Å². The van der Waals surface area contributed by atoms with Gasteiger partial charge in [0.05, 0.1) is 10.0 Å². The zero-order valence-electron chi connectivity index (χ0n) is 12.8. The summed E-state index contributed by atoms with van der Waals surface area (Å²) in [5.41, 5.74) is 6.98. The highest BCUT2D eigenvalue weighted by Crippen LogP contribution is 2.26. The quantitative estimate of drug-likeness (QED) is 0.776. The molecule has 1 aromatic rings. The Morgan fingerprint density at radius 1 is 1.05 bits per heavy atom. The minimum absolute atomic E-state index is 0.116. The van der Waals surface area contributed by atoms with E-state index < -0.39 is 0 Å². The van der Waals surface area contributed by atoms with Crippen LogP contribution in [0.1, 0.15) is 39.3 Å². The molecule has 1 rings (SSSR count). The Hall–Kier alpha value is -0.280. The van der Waals surface area contributed by atoms with Crippen LogP contribution in [0.15, 0.2) is 18.2 Å². The molecule has 1 atom stereocenters. The summed E-state index contributed by atoms with van der Waals surface area (Å²) >= 11 is 12.0. The molecule has 0 fully saturated rings. The zero-order chi connectivity index (χ0) is 15.3. The molecule has 114 valence electrons. The summed E-state index contributed by atoms with van der Waals surface area (Å²) in [6, 6.07) is 5.82. The Kier molecular flexibility index (Phi) is 7.32. The van der Waals surface area contributed by atoms with E-state index in [2.05, 4.69) is 33.0 Å². The predicted octanol–water partition coefficient (Wildman–Crippen LogP) is 4.51. The molecule has 0 aromatic heterocycles. The van der Waals surface area contributed by atoms with Gasteiger partial charge in [0.1, 0.15) is 0 Å². The second kappa shape index (κ2) is 8.23. The zero-order valence-corrected chi connectivity index (χ0v) is 14.3. The number of hydrogen-bond acceptors (Lipinski definition) is 2. The number of nitrogens with two attached hydrogens (primary N) is 1. The van der Waals surface area contributed by atoms with E-state index in [1.54, 1.807) is 0 Å². The van der Waals surface area contributed by atoms with Gasteiger partial charge in [0, 0.05) is 12.6 Å². The summed E-state index contributed by atoms with van der Waals surface area (Å²) in [4.78, 5) is 0. The lowest BCUT2D eigenvalue weighted by Crippen LogP contribution is -2.35. The summed E-state index contributed by atoms with van der Waals surface area (Å²) in [6.45, 7) is 10.6. The van der Waals surface area contributed by atoms with E-state index >= 15 is 0 Å². The third kappa shape index (κ3) is 4.92. The molecular formula is C16H26Cl2N2. The Bertz CT molecular complexity index is 411. The van der Waals surface area contributed by atoms with E-state index in [0.29, 0.717) is 34.3 Å². The smallest absolute Gasteiger partial charge is 0.0595 e. The molecule has 0 saturated carbocycles. The first-order chi connectivity index (χ1) is 9.36. The molecule has 3 N–H and O–H groups in total. The van der Waals surface area contributed by atoms with Crippen molar-refractivity contribution < 1.29 is 0 Å². The summed E-state index contributed by atoms with van der Waals surface area (Å²) in [7, 11) is 0. The summed E-state index contributed by atoms with van der Waals surface area (Å²) in [5.74, 6) is 1.93. The molecule has 1 aromatic carbocycles. The molecule has 0 amide bonds. The lowest BCUT2D eigenvalue weighted by Gasteiger charge is -2.28. The molecule has 0 bridgehead atoms. The number of nitrogens with one attached hydrogen (secondary N) is 1. The van der Waals surface area contributed by atoms with Gasteiger partial charge < -0.3 is 11.1 Å². The maximum Gasteiger partial charge on any atom is 0.0595 e. The first-order valence-electron chi connectivity index (χ1n) is 7.25. The molecule has 2 nitrogen and oxygen atoms in total. The predicted molar refractivity (Wildman–Crippen MR) is 89.4 cm³/mol. The van der Waals surface area contributed by atoms with E-state index in [-0.39, 0.29) is 6.04 Å². The molecule has 0 aliphatic heterocycles. The first-order valence-corrected chi connectivity index (χ1v) is 8.00. The normalized spacial score (nSPS) is 13.5. The highest BCUT2D eigenvalue weighted by molar-refractivity contribution is 6.42. The van der Waals surface area contributed by atoms with Crippen LogP contribution in [-0.4, -0.2) is 13.1 Å². The second-order valence-electron chi connectivity index (χ2n) is 6.02. The number of benzene rings is 1. The third-order valence-corrected chi connectivity index (χ3v) is 4.63. The van der Waals surface area contributed by atoms with E-state index in [1.807, 2.05) is 18.2 Å². The van der Waals surface area contributed by atoms with Gasteiger partial charge in [0.15, 0.2) is 0 Å². The molecule has 4 heteroatoms. The van der Waals surface area contributed by atoms with Crippen molar-refractivity contribution in [3.63, 3.8) is 0 Å². The van der Waals surface area contributed by atoms with Crippen molar-refractivity contribution in [3.8, 4) is 0 Å². The molecule has 0 aliphatic rings. The minimum Gasteiger partial charge on any atom is -0.329 e. The van der Waals surface area contributed by atoms with Gasteiger partial charge in [0.2, 0.25) is 0 Å². The van der Waals surface area contributed by atoms with Crippen LogP contribution in [0.3, 0.4) is 0 Å². The average Bonchev–Trinajstić information content (AvgIpc) is 2.37. The van der Waals surface area contributed by atoms with Crippen LogP contribution in [0, 0.1) is 17.8 Å². The Morgan fingerprint density at radius 3 is 2.10 bits per heavy atom. The van der Waals surface area contributed by atoms with Gasteiger partial charge in [-0.1, -0.05) is 57.0 Å². The van der Waals surface area contributed by atoms with Gasteiger partial charge in [-0.05, 0) is 42.0 Å². The van der Waals surface area contributed by atoms with E-state index in [9.17, 15) is 0 Å². The number of hydrogen-bond donors (Lipinski definition) is 2. The molecule has 1 unspecified atom stereocenters. The fourth-order valence-corrected chi connectivity index (χ4v) is 2.89. The fraction of sp³-hybridized carbons (Fsp3) is 0.625. The first kappa shape index (κ1) is 17.8. The summed E-state index contributed by atoms with van der Waals surface area (Å²) in [6.07, 6.45) is 0. The second-order valence-corrected chi connectivity index (χ2v) is 6.84. The van der Waals surface area contributed by atoms with Gasteiger partial charge >= 0.3 is 0 Å². The maximum absolute atomic E-state index is 6.08. The summed E-state index contributed by atoms with van der Waals surface area (Å²) < 4.78 is 0. The Labute approximate surface area is 133 Å².